The minimum atomic E-state index is -4.26. The molecule has 0 amide bonds. The second-order valence-electron chi connectivity index (χ2n) is 3.37. The lowest BCUT2D eigenvalue weighted by molar-refractivity contribution is -0.139. The van der Waals surface area contributed by atoms with Gasteiger partial charge in [0.05, 0.1) is 6.29 Å². The van der Waals surface area contributed by atoms with Gasteiger partial charge in [0.2, 0.25) is 0 Å². The van der Waals surface area contributed by atoms with Gasteiger partial charge in [-0.05, 0) is 12.8 Å². The molecular formula is C7H17N4O5P. The molecular weight excluding hydrogens is 251 g/mol. The molecule has 10 heteroatoms. The van der Waals surface area contributed by atoms with Gasteiger partial charge in [0.1, 0.15) is 6.04 Å². The minimum absolute atomic E-state index is 0.0833. The van der Waals surface area contributed by atoms with Crippen molar-refractivity contribution >= 4 is 19.5 Å². The summed E-state index contributed by atoms with van der Waals surface area (Å²) in [7, 11) is -4.26. The van der Waals surface area contributed by atoms with Crippen molar-refractivity contribution in [1.82, 2.24) is 5.32 Å². The molecule has 0 fully saturated rings. The Morgan fingerprint density at radius 1 is 1.41 bits per heavy atom. The Morgan fingerprint density at radius 2 is 2.00 bits per heavy atom. The molecule has 0 aromatic rings. The third-order valence-corrected chi connectivity index (χ3v) is 2.38. The standard InChI is InChI=1S/C7H17N4O5P/c8-7(9)10-3-1-2-5(6(12)13)11-4-17(14,15)16/h5,11H,1-4H2,(H,12,13)(H4,8,9,10)(H2,14,15,16)/t5-/m0/s1. The number of nitrogens with two attached hydrogens (primary N) is 2. The maximum Gasteiger partial charge on any atom is 0.339 e. The predicted octanol–water partition coefficient (Wildman–Crippen LogP) is -1.78. The molecule has 8 N–H and O–H groups in total. The second kappa shape index (κ2) is 7.23. The number of nitrogens with zero attached hydrogens (tertiary/aromatic N) is 1. The van der Waals surface area contributed by atoms with Gasteiger partial charge in [-0.25, -0.2) is 0 Å². The van der Waals surface area contributed by atoms with E-state index in [2.05, 4.69) is 10.3 Å². The number of carbonyl (C=O) groups is 1. The minimum Gasteiger partial charge on any atom is -0.480 e. The first-order chi connectivity index (χ1) is 7.72. The van der Waals surface area contributed by atoms with Crippen molar-refractivity contribution in [2.75, 3.05) is 12.8 Å². The third-order valence-electron chi connectivity index (χ3n) is 1.79. The lowest BCUT2D eigenvalue weighted by Gasteiger charge is -2.14. The molecule has 0 aliphatic rings. The topological polar surface area (TPSA) is 171 Å². The monoisotopic (exact) mass is 268 g/mol. The van der Waals surface area contributed by atoms with Crippen LogP contribution >= 0.6 is 7.60 Å². The Balaban J connectivity index is 4.04. The number of aliphatic imine (C=N–C) groups is 1. The molecule has 0 aromatic carbocycles. The van der Waals surface area contributed by atoms with Crippen molar-refractivity contribution in [3.63, 3.8) is 0 Å². The molecule has 0 aliphatic heterocycles. The molecule has 0 rings (SSSR count). The summed E-state index contributed by atoms with van der Waals surface area (Å²) in [5, 5.41) is 11.1. The van der Waals surface area contributed by atoms with Crippen molar-refractivity contribution in [2.45, 2.75) is 18.9 Å². The van der Waals surface area contributed by atoms with E-state index < -0.39 is 25.9 Å². The van der Waals surface area contributed by atoms with Crippen LogP contribution < -0.4 is 16.8 Å². The maximum absolute atomic E-state index is 10.7. The van der Waals surface area contributed by atoms with Crippen LogP contribution in [0, 0.1) is 0 Å². The van der Waals surface area contributed by atoms with Crippen molar-refractivity contribution in [3.05, 3.63) is 0 Å². The number of aliphatic carboxylic acids is 1. The van der Waals surface area contributed by atoms with Gasteiger partial charge in [-0.3, -0.25) is 19.7 Å². The number of hydrogen-bond donors (Lipinski definition) is 6. The first kappa shape index (κ1) is 15.9. The Morgan fingerprint density at radius 3 is 2.41 bits per heavy atom. The molecule has 1 atom stereocenters. The Labute approximate surface area is 98.1 Å². The van der Waals surface area contributed by atoms with Crippen LogP contribution in [0.1, 0.15) is 12.8 Å². The summed E-state index contributed by atoms with van der Waals surface area (Å²) < 4.78 is 10.6. The van der Waals surface area contributed by atoms with E-state index in [0.717, 1.165) is 0 Å². The maximum atomic E-state index is 10.7. The molecule has 0 radical (unpaired) electrons. The van der Waals surface area contributed by atoms with Crippen LogP contribution in [-0.2, 0) is 9.36 Å². The zero-order valence-corrected chi connectivity index (χ0v) is 10.0. The SMILES string of the molecule is NC(N)=NCCC[C@H](NCP(=O)(O)O)C(=O)O. The highest BCUT2D eigenvalue weighted by Gasteiger charge is 2.21. The van der Waals surface area contributed by atoms with Crippen molar-refractivity contribution in [3.8, 4) is 0 Å². The van der Waals surface area contributed by atoms with Gasteiger partial charge < -0.3 is 26.4 Å². The second-order valence-corrected chi connectivity index (χ2v) is 5.01. The average Bonchev–Trinajstić information content (AvgIpc) is 2.13. The van der Waals surface area contributed by atoms with E-state index in [9.17, 15) is 9.36 Å². The van der Waals surface area contributed by atoms with E-state index in [4.69, 9.17) is 26.4 Å². The van der Waals surface area contributed by atoms with Crippen LogP contribution in [-0.4, -0.2) is 45.7 Å². The molecule has 0 heterocycles. The van der Waals surface area contributed by atoms with E-state index in [1.54, 1.807) is 0 Å². The summed E-state index contributed by atoms with van der Waals surface area (Å²) in [4.78, 5) is 31.6. The van der Waals surface area contributed by atoms with Crippen LogP contribution in [0.5, 0.6) is 0 Å². The van der Waals surface area contributed by atoms with Gasteiger partial charge in [0.15, 0.2) is 5.96 Å². The summed E-state index contributed by atoms with van der Waals surface area (Å²) in [6.07, 6.45) is -0.110. The number of carboxylic acid groups (broad SMARTS) is 1. The van der Waals surface area contributed by atoms with Crippen molar-refractivity contribution in [1.29, 1.82) is 0 Å². The van der Waals surface area contributed by atoms with Crippen molar-refractivity contribution in [2.24, 2.45) is 16.5 Å². The number of nitrogens with one attached hydrogen (secondary N) is 1. The summed E-state index contributed by atoms with van der Waals surface area (Å²) in [5.41, 5.74) is 10.2. The lowest BCUT2D eigenvalue weighted by atomic mass is 10.1. The van der Waals surface area contributed by atoms with Gasteiger partial charge in [-0.2, -0.15) is 0 Å². The normalized spacial score (nSPS) is 13.1. The molecule has 9 nitrogen and oxygen atoms in total. The van der Waals surface area contributed by atoms with Gasteiger partial charge in [-0.15, -0.1) is 0 Å². The molecule has 0 aromatic heterocycles. The average molecular weight is 268 g/mol. The molecule has 0 saturated heterocycles. The fourth-order valence-electron chi connectivity index (χ4n) is 1.05. The van der Waals surface area contributed by atoms with E-state index in [1.807, 2.05) is 0 Å². The van der Waals surface area contributed by atoms with E-state index in [-0.39, 0.29) is 18.9 Å². The highest BCUT2D eigenvalue weighted by molar-refractivity contribution is 7.51. The molecule has 0 spiro atoms. The molecule has 0 unspecified atom stereocenters. The Bertz CT molecular complexity index is 324. The number of carboxylic acids is 1. The summed E-state index contributed by atoms with van der Waals surface area (Å²) >= 11 is 0. The number of rotatable bonds is 8. The fraction of sp³-hybridized carbons (Fsp3) is 0.714. The van der Waals surface area contributed by atoms with Crippen LogP contribution in [0.15, 0.2) is 4.99 Å². The lowest BCUT2D eigenvalue weighted by Crippen LogP contribution is -2.37. The first-order valence-corrected chi connectivity index (χ1v) is 6.58. The molecule has 0 saturated carbocycles. The first-order valence-electron chi connectivity index (χ1n) is 4.78. The summed E-state index contributed by atoms with van der Waals surface area (Å²) in [5.74, 6) is -1.26. The van der Waals surface area contributed by atoms with Crippen molar-refractivity contribution < 1.29 is 24.3 Å². The number of hydrogen-bond acceptors (Lipinski definition) is 4. The largest absolute Gasteiger partial charge is 0.480 e. The Hall–Kier alpha value is -1.15. The summed E-state index contributed by atoms with van der Waals surface area (Å²) in [6.45, 7) is 0.268. The molecule has 0 aliphatic carbocycles. The number of guanidine groups is 1. The highest BCUT2D eigenvalue weighted by Crippen LogP contribution is 2.32. The zero-order chi connectivity index (χ0) is 13.5. The predicted molar refractivity (Wildman–Crippen MR) is 61.4 cm³/mol. The quantitative estimate of drug-likeness (QED) is 0.130. The molecule has 17 heavy (non-hydrogen) atoms. The van der Waals surface area contributed by atoms with Crippen LogP contribution in [0.3, 0.4) is 0 Å². The third kappa shape index (κ3) is 9.76. The summed E-state index contributed by atoms with van der Waals surface area (Å²) in [6, 6.07) is -1.03. The smallest absolute Gasteiger partial charge is 0.339 e. The van der Waals surface area contributed by atoms with Crippen LogP contribution in [0.4, 0.5) is 0 Å². The zero-order valence-electron chi connectivity index (χ0n) is 9.11. The van der Waals surface area contributed by atoms with Gasteiger partial charge in [0.25, 0.3) is 0 Å². The van der Waals surface area contributed by atoms with Crippen LogP contribution in [0.2, 0.25) is 0 Å². The Kier molecular flexibility index (Phi) is 6.74. The van der Waals surface area contributed by atoms with Gasteiger partial charge in [0, 0.05) is 6.54 Å². The van der Waals surface area contributed by atoms with E-state index in [1.165, 1.54) is 0 Å². The molecule has 0 bridgehead atoms. The molecule has 100 valence electrons. The fourth-order valence-corrected chi connectivity index (χ4v) is 1.50. The van der Waals surface area contributed by atoms with Gasteiger partial charge >= 0.3 is 13.6 Å². The van der Waals surface area contributed by atoms with E-state index >= 15 is 0 Å². The van der Waals surface area contributed by atoms with Gasteiger partial charge in [-0.1, -0.05) is 0 Å². The van der Waals surface area contributed by atoms with Crippen LogP contribution in [0.25, 0.3) is 0 Å². The van der Waals surface area contributed by atoms with E-state index in [0.29, 0.717) is 6.42 Å². The highest BCUT2D eigenvalue weighted by atomic mass is 31.2.